The number of nitrogens with zero attached hydrogens (tertiary/aromatic N) is 1. The van der Waals surface area contributed by atoms with E-state index >= 15 is 0 Å². The third-order valence-corrected chi connectivity index (χ3v) is 3.79. The molecule has 3 rings (SSSR count). The van der Waals surface area contributed by atoms with Gasteiger partial charge in [-0.1, -0.05) is 36.4 Å². The molecule has 2 aromatic carbocycles. The van der Waals surface area contributed by atoms with Crippen molar-refractivity contribution in [2.75, 3.05) is 4.90 Å². The third-order valence-electron chi connectivity index (χ3n) is 3.79. The van der Waals surface area contributed by atoms with Crippen molar-refractivity contribution in [1.29, 1.82) is 0 Å². The summed E-state index contributed by atoms with van der Waals surface area (Å²) < 4.78 is 5.51. The summed E-state index contributed by atoms with van der Waals surface area (Å²) in [7, 11) is 0. The zero-order chi connectivity index (χ0) is 15.7. The average molecular weight is 295 g/mol. The molecule has 1 aliphatic rings. The molecule has 0 spiro atoms. The van der Waals surface area contributed by atoms with Crippen LogP contribution >= 0.6 is 0 Å². The first kappa shape index (κ1) is 14.3. The second kappa shape index (κ2) is 5.64. The Morgan fingerprint density at radius 3 is 2.32 bits per heavy atom. The van der Waals surface area contributed by atoms with E-state index in [0.29, 0.717) is 6.42 Å². The molecule has 0 N–H and O–H groups in total. The third kappa shape index (κ3) is 2.48. The summed E-state index contributed by atoms with van der Waals surface area (Å²) in [6, 6.07) is 15.3. The maximum atomic E-state index is 12.2. The van der Waals surface area contributed by atoms with E-state index in [1.165, 1.54) is 6.92 Å². The second-order valence-corrected chi connectivity index (χ2v) is 5.34. The second-order valence-electron chi connectivity index (χ2n) is 5.34. The minimum absolute atomic E-state index is 0.0663. The maximum Gasteiger partial charge on any atom is 0.303 e. The number of rotatable bonds is 1. The summed E-state index contributed by atoms with van der Waals surface area (Å²) in [5, 5.41) is 0. The number of ether oxygens (including phenoxy) is 1. The summed E-state index contributed by atoms with van der Waals surface area (Å²) in [5.41, 5.74) is 3.45. The van der Waals surface area contributed by atoms with Crippen molar-refractivity contribution in [1.82, 2.24) is 0 Å². The molecule has 0 fully saturated rings. The van der Waals surface area contributed by atoms with Gasteiger partial charge in [0.25, 0.3) is 0 Å². The molecular formula is C18H17NO3. The fraction of sp³-hybridized carbons (Fsp3) is 0.222. The van der Waals surface area contributed by atoms with Gasteiger partial charge in [0.2, 0.25) is 5.91 Å². The zero-order valence-electron chi connectivity index (χ0n) is 12.6. The largest absolute Gasteiger partial charge is 0.457 e. The Balaban J connectivity index is 2.23. The number of benzene rings is 2. The number of esters is 1. The van der Waals surface area contributed by atoms with Crippen LogP contribution in [0.5, 0.6) is 0 Å². The highest BCUT2D eigenvalue weighted by Crippen LogP contribution is 2.41. The molecule has 1 atom stereocenters. The molecule has 0 unspecified atom stereocenters. The van der Waals surface area contributed by atoms with Crippen LogP contribution in [0.4, 0.5) is 11.4 Å². The fourth-order valence-corrected chi connectivity index (χ4v) is 2.95. The van der Waals surface area contributed by atoms with Crippen molar-refractivity contribution >= 4 is 23.3 Å². The smallest absolute Gasteiger partial charge is 0.303 e. The van der Waals surface area contributed by atoms with Gasteiger partial charge >= 0.3 is 5.97 Å². The van der Waals surface area contributed by atoms with Crippen LogP contribution in [0, 0.1) is 0 Å². The molecule has 4 nitrogen and oxygen atoms in total. The normalized spacial score (nSPS) is 16.3. The van der Waals surface area contributed by atoms with Gasteiger partial charge in [0.15, 0.2) is 0 Å². The lowest BCUT2D eigenvalue weighted by molar-refractivity contribution is -0.146. The lowest BCUT2D eigenvalue weighted by Crippen LogP contribution is -2.23. The van der Waals surface area contributed by atoms with Crippen LogP contribution in [0.1, 0.15) is 31.1 Å². The maximum absolute atomic E-state index is 12.2. The number of para-hydroxylation sites is 2. The predicted octanol–water partition coefficient (Wildman–Crippen LogP) is 3.53. The molecule has 0 saturated heterocycles. The van der Waals surface area contributed by atoms with Crippen molar-refractivity contribution in [3.8, 4) is 0 Å². The molecule has 1 amide bonds. The van der Waals surface area contributed by atoms with Crippen LogP contribution in [-0.4, -0.2) is 11.9 Å². The number of anilines is 2. The van der Waals surface area contributed by atoms with E-state index in [0.717, 1.165) is 22.5 Å². The Labute approximate surface area is 129 Å². The topological polar surface area (TPSA) is 46.6 Å². The highest BCUT2D eigenvalue weighted by atomic mass is 16.5. The van der Waals surface area contributed by atoms with Gasteiger partial charge in [0, 0.05) is 25.8 Å². The van der Waals surface area contributed by atoms with E-state index in [1.54, 1.807) is 11.8 Å². The average Bonchev–Trinajstić information content (AvgIpc) is 2.61. The Bertz CT molecular complexity index is 739. The molecule has 22 heavy (non-hydrogen) atoms. The first-order valence-electron chi connectivity index (χ1n) is 7.22. The fourth-order valence-electron chi connectivity index (χ4n) is 2.95. The van der Waals surface area contributed by atoms with Gasteiger partial charge in [0.05, 0.1) is 11.4 Å². The monoisotopic (exact) mass is 295 g/mol. The van der Waals surface area contributed by atoms with Crippen molar-refractivity contribution in [3.05, 3.63) is 59.7 Å². The Morgan fingerprint density at radius 2 is 1.64 bits per heavy atom. The van der Waals surface area contributed by atoms with Crippen LogP contribution < -0.4 is 4.90 Å². The molecule has 0 aliphatic carbocycles. The quantitative estimate of drug-likeness (QED) is 0.756. The number of hydrogen-bond donors (Lipinski definition) is 0. The molecule has 0 radical (unpaired) electrons. The van der Waals surface area contributed by atoms with E-state index in [4.69, 9.17) is 4.74 Å². The Hall–Kier alpha value is -2.62. The lowest BCUT2D eigenvalue weighted by Gasteiger charge is -2.23. The summed E-state index contributed by atoms with van der Waals surface area (Å²) in [5.74, 6) is -0.392. The SMILES string of the molecule is CC(=O)O[C@H]1Cc2ccccc2N(C(C)=O)c2ccccc21. The van der Waals surface area contributed by atoms with E-state index < -0.39 is 0 Å². The first-order valence-corrected chi connectivity index (χ1v) is 7.22. The zero-order valence-corrected chi connectivity index (χ0v) is 12.6. The predicted molar refractivity (Wildman–Crippen MR) is 83.9 cm³/mol. The van der Waals surface area contributed by atoms with Crippen molar-refractivity contribution < 1.29 is 14.3 Å². The van der Waals surface area contributed by atoms with Crippen LogP contribution in [0.2, 0.25) is 0 Å². The van der Waals surface area contributed by atoms with Crippen LogP contribution in [0.25, 0.3) is 0 Å². The molecule has 0 aromatic heterocycles. The number of hydrogen-bond acceptors (Lipinski definition) is 3. The summed E-state index contributed by atoms with van der Waals surface area (Å²) in [4.78, 5) is 25.4. The van der Waals surface area contributed by atoms with Crippen LogP contribution in [-0.2, 0) is 20.7 Å². The van der Waals surface area contributed by atoms with E-state index in [-0.39, 0.29) is 18.0 Å². The van der Waals surface area contributed by atoms with Crippen LogP contribution in [0.15, 0.2) is 48.5 Å². The van der Waals surface area contributed by atoms with Crippen LogP contribution in [0.3, 0.4) is 0 Å². The van der Waals surface area contributed by atoms with Crippen molar-refractivity contribution in [2.45, 2.75) is 26.4 Å². The van der Waals surface area contributed by atoms with E-state index in [2.05, 4.69) is 0 Å². The highest BCUT2D eigenvalue weighted by Gasteiger charge is 2.29. The van der Waals surface area contributed by atoms with Crippen molar-refractivity contribution in [2.24, 2.45) is 0 Å². The van der Waals surface area contributed by atoms with Crippen molar-refractivity contribution in [3.63, 3.8) is 0 Å². The van der Waals surface area contributed by atoms with Gasteiger partial charge in [-0.25, -0.2) is 0 Å². The lowest BCUT2D eigenvalue weighted by atomic mass is 10.0. The number of amides is 1. The minimum atomic E-state index is -0.390. The molecule has 112 valence electrons. The number of carbonyl (C=O) groups is 2. The highest BCUT2D eigenvalue weighted by molar-refractivity contribution is 6.01. The van der Waals surface area contributed by atoms with Gasteiger partial charge in [-0.15, -0.1) is 0 Å². The minimum Gasteiger partial charge on any atom is -0.457 e. The molecule has 0 saturated carbocycles. The van der Waals surface area contributed by atoms with Gasteiger partial charge in [-0.05, 0) is 17.7 Å². The number of fused-ring (bicyclic) bond motifs is 2. The van der Waals surface area contributed by atoms with Gasteiger partial charge in [-0.2, -0.15) is 0 Å². The Morgan fingerprint density at radius 1 is 1.00 bits per heavy atom. The standard InChI is InChI=1S/C18H17NO3/c1-12(20)19-16-9-5-3-7-14(16)11-18(22-13(2)21)15-8-4-6-10-17(15)19/h3-10,18H,11H2,1-2H3/t18-/m0/s1. The molecular weight excluding hydrogens is 278 g/mol. The first-order chi connectivity index (χ1) is 10.6. The molecule has 2 aromatic rings. The molecule has 1 aliphatic heterocycles. The summed E-state index contributed by atoms with van der Waals surface area (Å²) in [6.07, 6.45) is 0.162. The summed E-state index contributed by atoms with van der Waals surface area (Å²) >= 11 is 0. The van der Waals surface area contributed by atoms with Gasteiger partial charge in [0.1, 0.15) is 6.10 Å². The molecule has 1 heterocycles. The molecule has 4 heteroatoms. The van der Waals surface area contributed by atoms with E-state index in [1.807, 2.05) is 48.5 Å². The van der Waals surface area contributed by atoms with E-state index in [9.17, 15) is 9.59 Å². The Kier molecular flexibility index (Phi) is 3.67. The van der Waals surface area contributed by atoms with Gasteiger partial charge < -0.3 is 4.74 Å². The summed E-state index contributed by atoms with van der Waals surface area (Å²) in [6.45, 7) is 2.95. The van der Waals surface area contributed by atoms with Gasteiger partial charge in [-0.3, -0.25) is 14.5 Å². The molecule has 0 bridgehead atoms. The number of carbonyl (C=O) groups excluding carboxylic acids is 2.